The molecule has 0 spiro atoms. The number of carboxylic acid groups (broad SMARTS) is 1. The monoisotopic (exact) mass is 351 g/mol. The molecule has 0 aromatic heterocycles. The third-order valence-corrected chi connectivity index (χ3v) is 4.48. The first kappa shape index (κ1) is 19.1. The van der Waals surface area contributed by atoms with Crippen molar-refractivity contribution >= 4 is 11.9 Å². The van der Waals surface area contributed by atoms with E-state index in [1.165, 1.54) is 7.11 Å². The van der Waals surface area contributed by atoms with Gasteiger partial charge in [0.2, 0.25) is 0 Å². The van der Waals surface area contributed by atoms with Crippen molar-refractivity contribution in [1.82, 2.24) is 4.90 Å². The number of benzene rings is 1. The number of nitrogens with zero attached hydrogens (tertiary/aromatic N) is 1. The SMILES string of the molecule is COCC1(C(=O)O)CCCN(C(=O)C(C)Oc2ccc(OC)cc2)C1. The van der Waals surface area contributed by atoms with E-state index in [0.29, 0.717) is 30.9 Å². The number of rotatable bonds is 7. The highest BCUT2D eigenvalue weighted by Gasteiger charge is 2.44. The van der Waals surface area contributed by atoms with Crippen molar-refractivity contribution in [3.05, 3.63) is 24.3 Å². The van der Waals surface area contributed by atoms with E-state index in [1.54, 1.807) is 43.2 Å². The van der Waals surface area contributed by atoms with Crippen LogP contribution >= 0.6 is 0 Å². The van der Waals surface area contributed by atoms with E-state index >= 15 is 0 Å². The van der Waals surface area contributed by atoms with E-state index in [-0.39, 0.29) is 19.1 Å². The Labute approximate surface area is 147 Å². The van der Waals surface area contributed by atoms with Crippen LogP contribution in [-0.2, 0) is 14.3 Å². The highest BCUT2D eigenvalue weighted by molar-refractivity contribution is 5.83. The molecule has 1 amide bonds. The van der Waals surface area contributed by atoms with Crippen LogP contribution in [0, 0.1) is 5.41 Å². The molecule has 1 aromatic carbocycles. The molecule has 2 atom stereocenters. The molecule has 1 aliphatic heterocycles. The topological polar surface area (TPSA) is 85.3 Å². The third kappa shape index (κ3) is 4.42. The second kappa shape index (κ2) is 8.20. The van der Waals surface area contributed by atoms with Gasteiger partial charge in [-0.3, -0.25) is 9.59 Å². The van der Waals surface area contributed by atoms with Gasteiger partial charge in [-0.05, 0) is 44.0 Å². The first-order chi connectivity index (χ1) is 11.9. The second-order valence-corrected chi connectivity index (χ2v) is 6.32. The summed E-state index contributed by atoms with van der Waals surface area (Å²) in [6.45, 7) is 2.40. The molecule has 0 saturated carbocycles. The first-order valence-electron chi connectivity index (χ1n) is 8.24. The summed E-state index contributed by atoms with van der Waals surface area (Å²) in [6, 6.07) is 6.96. The van der Waals surface area contributed by atoms with Crippen molar-refractivity contribution in [2.45, 2.75) is 25.9 Å². The van der Waals surface area contributed by atoms with Crippen LogP contribution in [0.1, 0.15) is 19.8 Å². The van der Waals surface area contributed by atoms with Crippen molar-refractivity contribution in [2.24, 2.45) is 5.41 Å². The lowest BCUT2D eigenvalue weighted by Crippen LogP contribution is -2.54. The number of piperidine rings is 1. The fraction of sp³-hybridized carbons (Fsp3) is 0.556. The lowest BCUT2D eigenvalue weighted by Gasteiger charge is -2.40. The maximum absolute atomic E-state index is 12.7. The zero-order valence-electron chi connectivity index (χ0n) is 14.9. The molecule has 138 valence electrons. The molecule has 25 heavy (non-hydrogen) atoms. The largest absolute Gasteiger partial charge is 0.497 e. The summed E-state index contributed by atoms with van der Waals surface area (Å²) in [5, 5.41) is 9.58. The van der Waals surface area contributed by atoms with Crippen LogP contribution in [0.4, 0.5) is 0 Å². The van der Waals surface area contributed by atoms with Gasteiger partial charge in [0.15, 0.2) is 6.10 Å². The van der Waals surface area contributed by atoms with Crippen molar-refractivity contribution in [2.75, 3.05) is 33.9 Å². The summed E-state index contributed by atoms with van der Waals surface area (Å²) in [7, 11) is 3.05. The summed E-state index contributed by atoms with van der Waals surface area (Å²) in [5.74, 6) is 0.0982. The minimum atomic E-state index is -1.05. The number of methoxy groups -OCH3 is 2. The summed E-state index contributed by atoms with van der Waals surface area (Å²) in [4.78, 5) is 25.9. The molecule has 2 unspecified atom stereocenters. The fourth-order valence-corrected chi connectivity index (χ4v) is 3.12. The van der Waals surface area contributed by atoms with Gasteiger partial charge in [0.1, 0.15) is 16.9 Å². The quantitative estimate of drug-likeness (QED) is 0.806. The van der Waals surface area contributed by atoms with Crippen molar-refractivity contribution in [3.8, 4) is 11.5 Å². The van der Waals surface area contributed by atoms with Gasteiger partial charge >= 0.3 is 5.97 Å². The summed E-state index contributed by atoms with van der Waals surface area (Å²) in [6.07, 6.45) is 0.408. The number of aliphatic carboxylic acids is 1. The average molecular weight is 351 g/mol. The Bertz CT molecular complexity index is 598. The zero-order valence-corrected chi connectivity index (χ0v) is 14.9. The van der Waals surface area contributed by atoms with Crippen molar-refractivity contribution in [1.29, 1.82) is 0 Å². The van der Waals surface area contributed by atoms with Crippen LogP contribution in [-0.4, -0.2) is 61.9 Å². The lowest BCUT2D eigenvalue weighted by molar-refractivity contribution is -0.160. The van der Waals surface area contributed by atoms with E-state index < -0.39 is 17.5 Å². The second-order valence-electron chi connectivity index (χ2n) is 6.32. The molecular weight excluding hydrogens is 326 g/mol. The first-order valence-corrected chi connectivity index (χ1v) is 8.24. The molecule has 1 fully saturated rings. The third-order valence-electron chi connectivity index (χ3n) is 4.48. The van der Waals surface area contributed by atoms with Crippen LogP contribution in [0.2, 0.25) is 0 Å². The Hall–Kier alpha value is -2.28. The van der Waals surface area contributed by atoms with E-state index in [0.717, 1.165) is 0 Å². The van der Waals surface area contributed by atoms with Gasteiger partial charge in [-0.25, -0.2) is 0 Å². The van der Waals surface area contributed by atoms with Crippen molar-refractivity contribution in [3.63, 3.8) is 0 Å². The number of carboxylic acids is 1. The van der Waals surface area contributed by atoms with Gasteiger partial charge in [0.25, 0.3) is 5.91 Å². The molecule has 2 rings (SSSR count). The Morgan fingerprint density at radius 2 is 1.88 bits per heavy atom. The van der Waals surface area contributed by atoms with Gasteiger partial charge in [-0.2, -0.15) is 0 Å². The molecule has 1 heterocycles. The van der Waals surface area contributed by atoms with E-state index in [2.05, 4.69) is 0 Å². The van der Waals surface area contributed by atoms with Gasteiger partial charge in [0, 0.05) is 20.2 Å². The molecule has 7 heteroatoms. The molecule has 1 saturated heterocycles. The summed E-state index contributed by atoms with van der Waals surface area (Å²) < 4.78 is 15.9. The standard InChI is InChI=1S/C18H25NO6/c1-13(25-15-7-5-14(24-3)6-8-15)16(20)19-10-4-9-18(11-19,12-23-2)17(21)22/h5-8,13H,4,9-12H2,1-3H3,(H,21,22). The molecule has 0 radical (unpaired) electrons. The van der Waals surface area contributed by atoms with Crippen LogP contribution in [0.15, 0.2) is 24.3 Å². The van der Waals surface area contributed by atoms with Gasteiger partial charge < -0.3 is 24.2 Å². The number of likely N-dealkylation sites (tertiary alicyclic amines) is 1. The van der Waals surface area contributed by atoms with Crippen LogP contribution in [0.3, 0.4) is 0 Å². The minimum Gasteiger partial charge on any atom is -0.497 e. The van der Waals surface area contributed by atoms with Gasteiger partial charge in [-0.1, -0.05) is 0 Å². The molecule has 1 N–H and O–H groups in total. The number of hydrogen-bond acceptors (Lipinski definition) is 5. The van der Waals surface area contributed by atoms with Crippen LogP contribution in [0.5, 0.6) is 11.5 Å². The summed E-state index contributed by atoms with van der Waals surface area (Å²) in [5.41, 5.74) is -1.05. The van der Waals surface area contributed by atoms with Crippen LogP contribution < -0.4 is 9.47 Å². The predicted octanol–water partition coefficient (Wildman–Crippen LogP) is 1.80. The maximum atomic E-state index is 12.7. The highest BCUT2D eigenvalue weighted by atomic mass is 16.5. The van der Waals surface area contributed by atoms with E-state index in [1.807, 2.05) is 0 Å². The lowest BCUT2D eigenvalue weighted by atomic mass is 9.80. The zero-order chi connectivity index (χ0) is 18.4. The average Bonchev–Trinajstić information content (AvgIpc) is 2.62. The number of carbonyl (C=O) groups excluding carboxylic acids is 1. The predicted molar refractivity (Wildman–Crippen MR) is 90.8 cm³/mol. The Balaban J connectivity index is 2.03. The summed E-state index contributed by atoms with van der Waals surface area (Å²) >= 11 is 0. The molecule has 7 nitrogen and oxygen atoms in total. The number of ether oxygens (including phenoxy) is 3. The highest BCUT2D eigenvalue weighted by Crippen LogP contribution is 2.31. The minimum absolute atomic E-state index is 0.0832. The molecule has 1 aliphatic rings. The fourth-order valence-electron chi connectivity index (χ4n) is 3.12. The Morgan fingerprint density at radius 3 is 2.44 bits per heavy atom. The maximum Gasteiger partial charge on any atom is 0.313 e. The Morgan fingerprint density at radius 1 is 1.24 bits per heavy atom. The van der Waals surface area contributed by atoms with Crippen LogP contribution in [0.25, 0.3) is 0 Å². The van der Waals surface area contributed by atoms with Gasteiger partial charge in [0.05, 0.1) is 13.7 Å². The van der Waals surface area contributed by atoms with E-state index in [4.69, 9.17) is 14.2 Å². The van der Waals surface area contributed by atoms with E-state index in [9.17, 15) is 14.7 Å². The normalized spacial score (nSPS) is 21.5. The molecule has 0 aliphatic carbocycles. The molecule has 1 aromatic rings. The number of hydrogen-bond donors (Lipinski definition) is 1. The van der Waals surface area contributed by atoms with Crippen molar-refractivity contribution < 1.29 is 28.9 Å². The Kier molecular flexibility index (Phi) is 6.25. The molecular formula is C18H25NO6. The number of carbonyl (C=O) groups is 2. The smallest absolute Gasteiger partial charge is 0.313 e. The van der Waals surface area contributed by atoms with Gasteiger partial charge in [-0.15, -0.1) is 0 Å². The molecule has 0 bridgehead atoms. The number of amides is 1.